The predicted octanol–water partition coefficient (Wildman–Crippen LogP) is 3.44. The summed E-state index contributed by atoms with van der Waals surface area (Å²) >= 11 is 7.68. The van der Waals surface area contributed by atoms with Crippen molar-refractivity contribution in [3.63, 3.8) is 0 Å². The number of aryl methyl sites for hydroxylation is 1. The molecule has 100 valence electrons. The van der Waals surface area contributed by atoms with Crippen molar-refractivity contribution in [2.45, 2.75) is 13.5 Å². The molecule has 0 radical (unpaired) electrons. The number of nitrogens with zero attached hydrogens (tertiary/aromatic N) is 2. The molecule has 1 aromatic carbocycles. The van der Waals surface area contributed by atoms with Crippen molar-refractivity contribution >= 4 is 34.6 Å². The van der Waals surface area contributed by atoms with Crippen LogP contribution in [0.3, 0.4) is 0 Å². The van der Waals surface area contributed by atoms with Crippen LogP contribution in [0.5, 0.6) is 0 Å². The number of hydrogen-bond acceptors (Lipinski definition) is 4. The number of para-hydroxylation sites is 1. The molecule has 0 spiro atoms. The van der Waals surface area contributed by atoms with Gasteiger partial charge < -0.3 is 10.0 Å². The van der Waals surface area contributed by atoms with Gasteiger partial charge in [0.15, 0.2) is 0 Å². The highest BCUT2D eigenvalue weighted by Crippen LogP contribution is 2.31. The van der Waals surface area contributed by atoms with Gasteiger partial charge in [0.2, 0.25) is 0 Å². The summed E-state index contributed by atoms with van der Waals surface area (Å²) in [5.41, 5.74) is 3.48. The zero-order valence-electron chi connectivity index (χ0n) is 10.6. The molecule has 0 saturated heterocycles. The van der Waals surface area contributed by atoms with E-state index in [4.69, 9.17) is 11.6 Å². The van der Waals surface area contributed by atoms with Crippen molar-refractivity contribution in [2.24, 2.45) is 0 Å². The van der Waals surface area contributed by atoms with Gasteiger partial charge in [-0.3, -0.25) is 0 Å². The molecule has 1 N–H and O–H groups in total. The largest absolute Gasteiger partial charge is 0.478 e. The smallest absolute Gasteiger partial charge is 0.337 e. The normalized spacial score (nSPS) is 10.5. The van der Waals surface area contributed by atoms with Gasteiger partial charge in [-0.15, -0.1) is 11.3 Å². The maximum absolute atomic E-state index is 11.3. The van der Waals surface area contributed by atoms with E-state index in [1.54, 1.807) is 35.0 Å². The molecule has 0 fully saturated rings. The molecular weight excluding hydrogens is 284 g/mol. The average molecular weight is 297 g/mol. The first-order chi connectivity index (χ1) is 9.00. The molecule has 0 aliphatic carbocycles. The number of anilines is 1. The standard InChI is InChI=1S/C13H13ClN2O2S/c1-8-11(19-7-15-8)6-16(2)12-9(13(17)18)4-3-5-10(12)14/h3-5,7H,6H2,1-2H3,(H,17,18). The van der Waals surface area contributed by atoms with Crippen LogP contribution >= 0.6 is 22.9 Å². The van der Waals surface area contributed by atoms with E-state index in [0.717, 1.165) is 10.6 Å². The molecule has 4 nitrogen and oxygen atoms in total. The number of rotatable bonds is 4. The molecule has 0 saturated carbocycles. The van der Waals surface area contributed by atoms with E-state index in [0.29, 0.717) is 17.3 Å². The number of aromatic carboxylic acids is 1. The van der Waals surface area contributed by atoms with E-state index >= 15 is 0 Å². The van der Waals surface area contributed by atoms with Crippen LogP contribution in [0.15, 0.2) is 23.7 Å². The van der Waals surface area contributed by atoms with Gasteiger partial charge in [-0.1, -0.05) is 17.7 Å². The molecule has 0 aliphatic heterocycles. The molecule has 1 aromatic heterocycles. The summed E-state index contributed by atoms with van der Waals surface area (Å²) in [6.45, 7) is 2.52. The number of carbonyl (C=O) groups is 1. The molecule has 0 unspecified atom stereocenters. The lowest BCUT2D eigenvalue weighted by molar-refractivity contribution is 0.0697. The molecule has 0 amide bonds. The predicted molar refractivity (Wildman–Crippen MR) is 77.4 cm³/mol. The summed E-state index contributed by atoms with van der Waals surface area (Å²) in [7, 11) is 1.83. The van der Waals surface area contributed by atoms with Crippen LogP contribution in [-0.4, -0.2) is 23.1 Å². The maximum atomic E-state index is 11.3. The number of carboxylic acid groups (broad SMARTS) is 1. The van der Waals surface area contributed by atoms with Crippen molar-refractivity contribution < 1.29 is 9.90 Å². The number of halogens is 1. The fraction of sp³-hybridized carbons (Fsp3) is 0.231. The third-order valence-electron chi connectivity index (χ3n) is 2.82. The van der Waals surface area contributed by atoms with E-state index in [1.165, 1.54) is 0 Å². The van der Waals surface area contributed by atoms with E-state index in [1.807, 2.05) is 18.9 Å². The van der Waals surface area contributed by atoms with E-state index in [-0.39, 0.29) is 5.56 Å². The Morgan fingerprint density at radius 1 is 1.53 bits per heavy atom. The summed E-state index contributed by atoms with van der Waals surface area (Å²) < 4.78 is 0. The Bertz CT molecular complexity index is 612. The second-order valence-corrected chi connectivity index (χ2v) is 5.50. The van der Waals surface area contributed by atoms with Gasteiger partial charge in [0.05, 0.1) is 34.0 Å². The highest BCUT2D eigenvalue weighted by atomic mass is 35.5. The Morgan fingerprint density at radius 2 is 2.26 bits per heavy atom. The minimum atomic E-state index is -0.981. The van der Waals surface area contributed by atoms with Crippen LogP contribution in [-0.2, 0) is 6.54 Å². The number of carboxylic acids is 1. The van der Waals surface area contributed by atoms with Crippen molar-refractivity contribution in [3.8, 4) is 0 Å². The van der Waals surface area contributed by atoms with Gasteiger partial charge in [-0.25, -0.2) is 9.78 Å². The monoisotopic (exact) mass is 296 g/mol. The molecule has 1 heterocycles. The number of hydrogen-bond donors (Lipinski definition) is 1. The lowest BCUT2D eigenvalue weighted by Crippen LogP contribution is -2.19. The summed E-state index contributed by atoms with van der Waals surface area (Å²) in [6.07, 6.45) is 0. The molecule has 0 bridgehead atoms. The Labute approximate surface area is 120 Å². The van der Waals surface area contributed by atoms with Gasteiger partial charge in [0.1, 0.15) is 0 Å². The Kier molecular flexibility index (Phi) is 4.07. The molecule has 2 rings (SSSR count). The van der Waals surface area contributed by atoms with E-state index < -0.39 is 5.97 Å². The lowest BCUT2D eigenvalue weighted by Gasteiger charge is -2.22. The third-order valence-corrected chi connectivity index (χ3v) is 4.05. The molecule has 6 heteroatoms. The van der Waals surface area contributed by atoms with Crippen LogP contribution in [0.25, 0.3) is 0 Å². The van der Waals surface area contributed by atoms with Crippen molar-refractivity contribution in [3.05, 3.63) is 44.9 Å². The minimum Gasteiger partial charge on any atom is -0.478 e. The summed E-state index contributed by atoms with van der Waals surface area (Å²) in [5, 5.41) is 9.66. The number of aromatic nitrogens is 1. The Balaban J connectivity index is 2.36. The molecule has 0 atom stereocenters. The van der Waals surface area contributed by atoms with Crippen LogP contribution < -0.4 is 4.90 Å². The first-order valence-corrected chi connectivity index (χ1v) is 6.88. The number of thiazole rings is 1. The maximum Gasteiger partial charge on any atom is 0.337 e. The Hall–Kier alpha value is -1.59. The fourth-order valence-corrected chi connectivity index (χ4v) is 3.00. The lowest BCUT2D eigenvalue weighted by atomic mass is 10.1. The van der Waals surface area contributed by atoms with Crippen molar-refractivity contribution in [1.82, 2.24) is 4.98 Å². The molecule has 19 heavy (non-hydrogen) atoms. The van der Waals surface area contributed by atoms with Gasteiger partial charge in [0, 0.05) is 11.9 Å². The van der Waals surface area contributed by atoms with Crippen LogP contribution in [0.1, 0.15) is 20.9 Å². The second-order valence-electron chi connectivity index (χ2n) is 4.16. The summed E-state index contributed by atoms with van der Waals surface area (Å²) in [6, 6.07) is 4.89. The van der Waals surface area contributed by atoms with Gasteiger partial charge in [-0.05, 0) is 19.1 Å². The van der Waals surface area contributed by atoms with Crippen LogP contribution in [0.2, 0.25) is 5.02 Å². The fourth-order valence-electron chi connectivity index (χ4n) is 1.85. The van der Waals surface area contributed by atoms with Crippen molar-refractivity contribution in [2.75, 3.05) is 11.9 Å². The third kappa shape index (κ3) is 2.88. The van der Waals surface area contributed by atoms with Gasteiger partial charge in [-0.2, -0.15) is 0 Å². The Morgan fingerprint density at radius 3 is 2.84 bits per heavy atom. The SMILES string of the molecule is Cc1ncsc1CN(C)c1c(Cl)cccc1C(=O)O. The highest BCUT2D eigenvalue weighted by Gasteiger charge is 2.17. The van der Waals surface area contributed by atoms with E-state index in [9.17, 15) is 9.90 Å². The zero-order chi connectivity index (χ0) is 14.0. The van der Waals surface area contributed by atoms with Crippen LogP contribution in [0.4, 0.5) is 5.69 Å². The average Bonchev–Trinajstić information content (AvgIpc) is 2.74. The van der Waals surface area contributed by atoms with E-state index in [2.05, 4.69) is 4.98 Å². The van der Waals surface area contributed by atoms with Crippen molar-refractivity contribution in [1.29, 1.82) is 0 Å². The number of benzene rings is 1. The minimum absolute atomic E-state index is 0.206. The van der Waals surface area contributed by atoms with Gasteiger partial charge in [0.25, 0.3) is 0 Å². The second kappa shape index (κ2) is 5.59. The van der Waals surface area contributed by atoms with Crippen LogP contribution in [0, 0.1) is 6.92 Å². The summed E-state index contributed by atoms with van der Waals surface area (Å²) in [4.78, 5) is 18.4. The molecule has 2 aromatic rings. The summed E-state index contributed by atoms with van der Waals surface area (Å²) in [5.74, 6) is -0.981. The molecular formula is C13H13ClN2O2S. The molecule has 0 aliphatic rings. The topological polar surface area (TPSA) is 53.4 Å². The first kappa shape index (κ1) is 13.8. The van der Waals surface area contributed by atoms with Gasteiger partial charge >= 0.3 is 5.97 Å². The quantitative estimate of drug-likeness (QED) is 0.939. The zero-order valence-corrected chi connectivity index (χ0v) is 12.1. The first-order valence-electron chi connectivity index (χ1n) is 5.62. The highest BCUT2D eigenvalue weighted by molar-refractivity contribution is 7.09.